The summed E-state index contributed by atoms with van der Waals surface area (Å²) >= 11 is 7.29. The van der Waals surface area contributed by atoms with E-state index in [1.165, 1.54) is 24.6 Å². The number of hydrogen-bond acceptors (Lipinski definition) is 6. The monoisotopic (exact) mass is 485 g/mol. The Morgan fingerprint density at radius 1 is 1.12 bits per heavy atom. The maximum Gasteiger partial charge on any atom is 0.250 e. The van der Waals surface area contributed by atoms with Crippen LogP contribution in [0.2, 0.25) is 5.02 Å². The number of hydrazone groups is 1. The van der Waals surface area contributed by atoms with E-state index in [1.807, 2.05) is 60.0 Å². The van der Waals surface area contributed by atoms with Crippen molar-refractivity contribution in [1.29, 1.82) is 0 Å². The highest BCUT2D eigenvalue weighted by Gasteiger charge is 2.14. The van der Waals surface area contributed by atoms with Crippen LogP contribution in [0.1, 0.15) is 38.7 Å². The number of carbonyl (C=O) groups excluding carboxylic acids is 1. The second-order valence-corrected chi connectivity index (χ2v) is 8.64. The van der Waals surface area contributed by atoms with Crippen LogP contribution in [0.4, 0.5) is 0 Å². The van der Waals surface area contributed by atoms with Gasteiger partial charge in [-0.15, -0.1) is 10.2 Å². The average molecular weight is 486 g/mol. The number of benzene rings is 2. The molecule has 0 saturated heterocycles. The van der Waals surface area contributed by atoms with Gasteiger partial charge in [-0.1, -0.05) is 43.1 Å². The number of nitrogens with zero attached hydrogens (tertiary/aromatic N) is 4. The zero-order chi connectivity index (χ0) is 23.5. The Labute approximate surface area is 203 Å². The van der Waals surface area contributed by atoms with Gasteiger partial charge in [-0.2, -0.15) is 5.10 Å². The van der Waals surface area contributed by atoms with Crippen LogP contribution in [0.15, 0.2) is 58.8 Å². The quantitative estimate of drug-likeness (QED) is 0.160. The Kier molecular flexibility index (Phi) is 9.77. The van der Waals surface area contributed by atoms with Crippen molar-refractivity contribution in [2.45, 2.75) is 44.8 Å². The van der Waals surface area contributed by atoms with E-state index in [0.717, 1.165) is 35.7 Å². The van der Waals surface area contributed by atoms with Crippen molar-refractivity contribution in [2.75, 3.05) is 12.4 Å². The zero-order valence-corrected chi connectivity index (χ0v) is 20.4. The van der Waals surface area contributed by atoms with Crippen LogP contribution in [0.3, 0.4) is 0 Å². The number of thioether (sulfide) groups is 1. The van der Waals surface area contributed by atoms with E-state index in [9.17, 15) is 4.79 Å². The number of hydrogen-bond donors (Lipinski definition) is 1. The fourth-order valence-corrected chi connectivity index (χ4v) is 3.95. The lowest BCUT2D eigenvalue weighted by atomic mass is 10.2. The van der Waals surface area contributed by atoms with Gasteiger partial charge >= 0.3 is 0 Å². The molecule has 0 aliphatic heterocycles. The van der Waals surface area contributed by atoms with Crippen molar-refractivity contribution in [2.24, 2.45) is 5.10 Å². The van der Waals surface area contributed by atoms with Crippen LogP contribution in [0.5, 0.6) is 5.75 Å². The Hall–Kier alpha value is -2.84. The first-order valence-electron chi connectivity index (χ1n) is 11.0. The summed E-state index contributed by atoms with van der Waals surface area (Å²) in [5.41, 5.74) is 4.35. The van der Waals surface area contributed by atoms with Crippen molar-refractivity contribution >= 4 is 35.5 Å². The summed E-state index contributed by atoms with van der Waals surface area (Å²) in [6, 6.07) is 15.1. The van der Waals surface area contributed by atoms with Crippen LogP contribution >= 0.6 is 23.4 Å². The van der Waals surface area contributed by atoms with Crippen molar-refractivity contribution in [3.05, 3.63) is 59.1 Å². The first-order valence-corrected chi connectivity index (χ1v) is 12.3. The van der Waals surface area contributed by atoms with E-state index < -0.39 is 0 Å². The van der Waals surface area contributed by atoms with Crippen LogP contribution in [-0.2, 0) is 11.3 Å². The van der Waals surface area contributed by atoms with E-state index in [2.05, 4.69) is 27.6 Å². The minimum atomic E-state index is -0.217. The lowest BCUT2D eigenvalue weighted by Crippen LogP contribution is -2.20. The molecule has 9 heteroatoms. The molecule has 174 valence electrons. The van der Waals surface area contributed by atoms with Gasteiger partial charge in [0.25, 0.3) is 5.91 Å². The molecule has 0 atom stereocenters. The standard InChI is InChI=1S/C24H28ClN5O2S/c1-3-5-6-15-32-21-13-7-18(8-14-21)16-26-27-22(31)17-33-24-29-28-23(30(24)4-2)19-9-11-20(25)12-10-19/h7-14,16H,3-6,15,17H2,1-2H3,(H,27,31)/b26-16+. The van der Waals surface area contributed by atoms with Gasteiger partial charge in [0.1, 0.15) is 5.75 Å². The normalized spacial score (nSPS) is 11.1. The highest BCUT2D eigenvalue weighted by Crippen LogP contribution is 2.25. The molecule has 0 unspecified atom stereocenters. The third-order valence-electron chi connectivity index (χ3n) is 4.77. The van der Waals surface area contributed by atoms with Crippen molar-refractivity contribution in [3.63, 3.8) is 0 Å². The minimum absolute atomic E-state index is 0.181. The molecule has 3 aromatic rings. The molecule has 0 saturated carbocycles. The highest BCUT2D eigenvalue weighted by molar-refractivity contribution is 7.99. The first-order chi connectivity index (χ1) is 16.1. The number of halogens is 1. The molecule has 1 amide bonds. The summed E-state index contributed by atoms with van der Waals surface area (Å²) in [6.45, 7) is 5.59. The van der Waals surface area contributed by atoms with Crippen LogP contribution in [-0.4, -0.2) is 39.2 Å². The van der Waals surface area contributed by atoms with Crippen LogP contribution in [0, 0.1) is 0 Å². The molecule has 33 heavy (non-hydrogen) atoms. The van der Waals surface area contributed by atoms with Gasteiger partial charge in [0.15, 0.2) is 11.0 Å². The Morgan fingerprint density at radius 2 is 1.88 bits per heavy atom. The second kappa shape index (κ2) is 13.0. The van der Waals surface area contributed by atoms with Crippen molar-refractivity contribution in [1.82, 2.24) is 20.2 Å². The number of aromatic nitrogens is 3. The molecular weight excluding hydrogens is 458 g/mol. The third-order valence-corrected chi connectivity index (χ3v) is 5.99. The third kappa shape index (κ3) is 7.61. The van der Waals surface area contributed by atoms with Gasteiger partial charge in [-0.25, -0.2) is 5.43 Å². The largest absolute Gasteiger partial charge is 0.494 e. The lowest BCUT2D eigenvalue weighted by Gasteiger charge is -2.07. The molecule has 0 fully saturated rings. The van der Waals surface area contributed by atoms with Crippen LogP contribution < -0.4 is 10.2 Å². The predicted octanol–water partition coefficient (Wildman–Crippen LogP) is 5.43. The summed E-state index contributed by atoms with van der Waals surface area (Å²) in [4.78, 5) is 12.2. The lowest BCUT2D eigenvalue weighted by molar-refractivity contribution is -0.118. The molecule has 1 heterocycles. The zero-order valence-electron chi connectivity index (χ0n) is 18.8. The molecular formula is C24H28ClN5O2S. The number of rotatable bonds is 12. The van der Waals surface area contributed by atoms with Gasteiger partial charge in [0, 0.05) is 17.1 Å². The predicted molar refractivity (Wildman–Crippen MR) is 134 cm³/mol. The minimum Gasteiger partial charge on any atom is -0.494 e. The van der Waals surface area contributed by atoms with E-state index >= 15 is 0 Å². The summed E-state index contributed by atoms with van der Waals surface area (Å²) in [6.07, 6.45) is 5.01. The van der Waals surface area contributed by atoms with Gasteiger partial charge in [0.2, 0.25) is 0 Å². The number of unbranched alkanes of at least 4 members (excludes halogenated alkanes) is 2. The van der Waals surface area contributed by atoms with Crippen LogP contribution in [0.25, 0.3) is 11.4 Å². The fraction of sp³-hybridized carbons (Fsp3) is 0.333. The number of carbonyl (C=O) groups is 1. The smallest absolute Gasteiger partial charge is 0.250 e. The molecule has 7 nitrogen and oxygen atoms in total. The van der Waals surface area contributed by atoms with E-state index in [1.54, 1.807) is 6.21 Å². The molecule has 0 radical (unpaired) electrons. The highest BCUT2D eigenvalue weighted by atomic mass is 35.5. The molecule has 3 rings (SSSR count). The summed E-state index contributed by atoms with van der Waals surface area (Å²) in [5.74, 6) is 1.54. The number of ether oxygens (including phenoxy) is 1. The molecule has 1 N–H and O–H groups in total. The molecule has 0 aliphatic carbocycles. The Balaban J connectivity index is 1.47. The van der Waals surface area contributed by atoms with Gasteiger partial charge < -0.3 is 9.30 Å². The topological polar surface area (TPSA) is 81.4 Å². The Bertz CT molecular complexity index is 1050. The number of amides is 1. The summed E-state index contributed by atoms with van der Waals surface area (Å²) in [7, 11) is 0. The van der Waals surface area contributed by atoms with Crippen molar-refractivity contribution < 1.29 is 9.53 Å². The van der Waals surface area contributed by atoms with Gasteiger partial charge in [0.05, 0.1) is 18.6 Å². The van der Waals surface area contributed by atoms with E-state index in [4.69, 9.17) is 16.3 Å². The van der Waals surface area contributed by atoms with Crippen molar-refractivity contribution in [3.8, 4) is 17.1 Å². The maximum atomic E-state index is 12.2. The summed E-state index contributed by atoms with van der Waals surface area (Å²) in [5, 5.41) is 13.9. The number of nitrogens with one attached hydrogen (secondary N) is 1. The second-order valence-electron chi connectivity index (χ2n) is 7.26. The molecule has 0 bridgehead atoms. The Morgan fingerprint density at radius 3 is 2.58 bits per heavy atom. The fourth-order valence-electron chi connectivity index (χ4n) is 3.03. The summed E-state index contributed by atoms with van der Waals surface area (Å²) < 4.78 is 7.67. The SMILES string of the molecule is CCCCCOc1ccc(/C=N/NC(=O)CSc2nnc(-c3ccc(Cl)cc3)n2CC)cc1. The van der Waals surface area contributed by atoms with Gasteiger partial charge in [-0.05, 0) is 67.4 Å². The van der Waals surface area contributed by atoms with E-state index in [0.29, 0.717) is 16.7 Å². The molecule has 2 aromatic carbocycles. The molecule has 1 aromatic heterocycles. The first kappa shape index (κ1) is 24.8. The average Bonchev–Trinajstić information content (AvgIpc) is 3.25. The molecule has 0 aliphatic rings. The van der Waals surface area contributed by atoms with Gasteiger partial charge in [-0.3, -0.25) is 4.79 Å². The van der Waals surface area contributed by atoms with E-state index in [-0.39, 0.29) is 11.7 Å². The maximum absolute atomic E-state index is 12.2. The molecule has 0 spiro atoms.